The van der Waals surface area contributed by atoms with Crippen LogP contribution in [0.15, 0.2) is 73.0 Å². The largest absolute Gasteiger partial charge is 0.383 e. The van der Waals surface area contributed by atoms with Crippen LogP contribution >= 0.6 is 11.3 Å². The standard InChI is InChI=1S/C25H27N5O2S.C18H22N4O2/c1-24(2)31-20-18(30-6-5-16-22(26)27-12-28-23(16)30)11-25(21(20)32-24)9-15(10-25)7-14-3-4-19-17(8-14)29-13-33-19;1-10-6-18(7-10)8-12(13-14(18)24-17(2,3)23-13)22-5-4-11-15(19)20-9-21-16(11)22/h3-6,8,12-13,15,18,20-21H,7,9-11H2,1-2H3,(H2,26,27,28);4-5,9,12-14H,1,6-8H2,2-3H3,(H2,19,20,21)/t15?,18-,20+,21+,25?;12-,13+,14+/m11/s1. The molecular weight excluding hydrogens is 739 g/mol. The summed E-state index contributed by atoms with van der Waals surface area (Å²) < 4.78 is 31.3. The molecule has 13 nitrogen and oxygen atoms in total. The first-order valence-electron chi connectivity index (χ1n) is 20.1. The van der Waals surface area contributed by atoms with Crippen LogP contribution in [0.2, 0.25) is 0 Å². The van der Waals surface area contributed by atoms with Crippen molar-refractivity contribution >= 4 is 55.3 Å². The van der Waals surface area contributed by atoms with Crippen molar-refractivity contribution < 1.29 is 18.9 Å². The zero-order valence-electron chi connectivity index (χ0n) is 32.8. The van der Waals surface area contributed by atoms with Crippen LogP contribution in [0.4, 0.5) is 11.6 Å². The van der Waals surface area contributed by atoms with Gasteiger partial charge in [-0.25, -0.2) is 24.9 Å². The van der Waals surface area contributed by atoms with Gasteiger partial charge in [-0.15, -0.1) is 11.3 Å². The minimum Gasteiger partial charge on any atom is -0.383 e. The Morgan fingerprint density at radius 1 is 0.719 bits per heavy atom. The lowest BCUT2D eigenvalue weighted by Crippen LogP contribution is -2.46. The molecule has 2 aliphatic heterocycles. The molecule has 6 fully saturated rings. The normalized spacial score (nSPS) is 32.8. The number of anilines is 2. The molecule has 0 bridgehead atoms. The van der Waals surface area contributed by atoms with Gasteiger partial charge in [0, 0.05) is 23.2 Å². The van der Waals surface area contributed by atoms with E-state index in [-0.39, 0.29) is 47.3 Å². The smallest absolute Gasteiger partial charge is 0.163 e. The highest BCUT2D eigenvalue weighted by Crippen LogP contribution is 2.65. The number of hydrogen-bond acceptors (Lipinski definition) is 12. The summed E-state index contributed by atoms with van der Waals surface area (Å²) in [6.45, 7) is 12.2. The van der Waals surface area contributed by atoms with Crippen molar-refractivity contribution in [1.29, 1.82) is 0 Å². The molecule has 0 radical (unpaired) electrons. The quantitative estimate of drug-likeness (QED) is 0.170. The Labute approximate surface area is 334 Å². The van der Waals surface area contributed by atoms with Crippen molar-refractivity contribution in [3.63, 3.8) is 0 Å². The summed E-state index contributed by atoms with van der Waals surface area (Å²) in [5, 5.41) is 1.79. The molecule has 4 aliphatic carbocycles. The van der Waals surface area contributed by atoms with Crippen molar-refractivity contribution in [2.75, 3.05) is 11.5 Å². The fourth-order valence-electron chi connectivity index (χ4n) is 11.7. The first-order valence-corrected chi connectivity index (χ1v) is 21.0. The van der Waals surface area contributed by atoms with Gasteiger partial charge in [0.2, 0.25) is 0 Å². The molecule has 4 saturated carbocycles. The highest BCUT2D eigenvalue weighted by atomic mass is 32.1. The van der Waals surface area contributed by atoms with Crippen LogP contribution in [0, 0.1) is 16.7 Å². The van der Waals surface area contributed by atoms with Gasteiger partial charge in [-0.2, -0.15) is 0 Å². The van der Waals surface area contributed by atoms with Crippen LogP contribution in [0.1, 0.15) is 83.9 Å². The van der Waals surface area contributed by atoms with Gasteiger partial charge < -0.3 is 39.5 Å². The Balaban J connectivity index is 0.000000138. The summed E-state index contributed by atoms with van der Waals surface area (Å²) in [5.41, 5.74) is 19.9. The number of aromatic nitrogens is 7. The van der Waals surface area contributed by atoms with E-state index in [1.807, 2.05) is 45.3 Å². The third-order valence-electron chi connectivity index (χ3n) is 13.8. The molecular formula is C43H49N9O4S. The molecule has 0 unspecified atom stereocenters. The van der Waals surface area contributed by atoms with Gasteiger partial charge in [0.15, 0.2) is 11.6 Å². The molecule has 6 aliphatic rings. The number of nitrogens with two attached hydrogens (primary N) is 2. The topological polar surface area (TPSA) is 163 Å². The van der Waals surface area contributed by atoms with Crippen molar-refractivity contribution in [1.82, 2.24) is 34.1 Å². The van der Waals surface area contributed by atoms with E-state index in [0.717, 1.165) is 72.5 Å². The number of ether oxygens (including phenoxy) is 4. The average molecular weight is 788 g/mol. The van der Waals surface area contributed by atoms with Gasteiger partial charge in [-0.05, 0) is 108 Å². The summed E-state index contributed by atoms with van der Waals surface area (Å²) in [6.07, 6.45) is 15.0. The molecule has 296 valence electrons. The Bertz CT molecular complexity index is 2560. The van der Waals surface area contributed by atoms with Crippen LogP contribution in [-0.4, -0.2) is 70.0 Å². The van der Waals surface area contributed by atoms with Gasteiger partial charge >= 0.3 is 0 Å². The van der Waals surface area contributed by atoms with Gasteiger partial charge in [0.1, 0.15) is 47.8 Å². The molecule has 1 aromatic carbocycles. The van der Waals surface area contributed by atoms with Gasteiger partial charge in [-0.1, -0.05) is 18.2 Å². The van der Waals surface area contributed by atoms with Crippen LogP contribution < -0.4 is 11.5 Å². The fourth-order valence-corrected chi connectivity index (χ4v) is 12.4. The van der Waals surface area contributed by atoms with Crippen molar-refractivity contribution in [2.45, 2.75) is 121 Å². The molecule has 0 amide bonds. The number of allylic oxidation sites excluding steroid dienone is 1. The number of benzene rings is 1. The lowest BCUT2D eigenvalue weighted by Gasteiger charge is -2.49. The summed E-state index contributed by atoms with van der Waals surface area (Å²) >= 11 is 1.70. The zero-order chi connectivity index (χ0) is 39.1. The van der Waals surface area contributed by atoms with E-state index < -0.39 is 11.6 Å². The van der Waals surface area contributed by atoms with E-state index in [9.17, 15) is 0 Å². The maximum Gasteiger partial charge on any atom is 0.163 e. The Morgan fingerprint density at radius 2 is 1.28 bits per heavy atom. The third-order valence-corrected chi connectivity index (χ3v) is 14.6. The first kappa shape index (κ1) is 35.7. The molecule has 6 atom stereocenters. The number of hydrogen-bond donors (Lipinski definition) is 2. The summed E-state index contributed by atoms with van der Waals surface area (Å²) in [6, 6.07) is 11.1. The van der Waals surface area contributed by atoms with Crippen LogP contribution in [0.25, 0.3) is 32.3 Å². The molecule has 57 heavy (non-hydrogen) atoms. The van der Waals surface area contributed by atoms with Crippen LogP contribution in [-0.2, 0) is 25.4 Å². The number of fused-ring (bicyclic) bond motifs is 7. The lowest BCUT2D eigenvalue weighted by molar-refractivity contribution is -0.181. The Kier molecular flexibility index (Phi) is 7.68. The number of nitrogen functional groups attached to an aromatic ring is 2. The molecule has 4 N–H and O–H groups in total. The number of rotatable bonds is 4. The van der Waals surface area contributed by atoms with Crippen molar-refractivity contribution in [3.05, 3.63) is 78.6 Å². The third kappa shape index (κ3) is 5.58. The summed E-state index contributed by atoms with van der Waals surface area (Å²) in [7, 11) is 0. The molecule has 7 heterocycles. The van der Waals surface area contributed by atoms with E-state index in [2.05, 4.69) is 71.2 Å². The van der Waals surface area contributed by atoms with Gasteiger partial charge in [-0.3, -0.25) is 0 Å². The second-order valence-electron chi connectivity index (χ2n) is 18.5. The number of thiazole rings is 1. The second-order valence-corrected chi connectivity index (χ2v) is 19.4. The highest BCUT2D eigenvalue weighted by molar-refractivity contribution is 7.16. The molecule has 2 spiro atoms. The first-order chi connectivity index (χ1) is 27.3. The van der Waals surface area contributed by atoms with Gasteiger partial charge in [0.05, 0.1) is 50.8 Å². The number of nitrogens with zero attached hydrogens (tertiary/aromatic N) is 7. The second kappa shape index (κ2) is 12.3. The van der Waals surface area contributed by atoms with E-state index in [1.54, 1.807) is 17.7 Å². The minimum absolute atomic E-state index is 0.0131. The lowest BCUT2D eigenvalue weighted by atomic mass is 9.58. The summed E-state index contributed by atoms with van der Waals surface area (Å²) in [4.78, 5) is 21.7. The van der Waals surface area contributed by atoms with E-state index in [4.69, 9.17) is 30.4 Å². The minimum atomic E-state index is -0.571. The predicted octanol–water partition coefficient (Wildman–Crippen LogP) is 7.54. The predicted molar refractivity (Wildman–Crippen MR) is 218 cm³/mol. The SMILES string of the molecule is C=C1CC2(C1)C[C@@H](n1ccc3c(N)ncnc31)[C@@H]1OC(C)(C)O[C@@H]12.CC1(C)O[C@H]2[C@H](n3ccc4c(N)ncnc43)CC3(CC(Cc4ccc5scnc5c4)C3)[C@H]2O1. The molecule has 12 rings (SSSR count). The Morgan fingerprint density at radius 3 is 1.86 bits per heavy atom. The fraction of sp³-hybridized carbons (Fsp3) is 0.512. The van der Waals surface area contributed by atoms with Crippen molar-refractivity contribution in [2.24, 2.45) is 16.7 Å². The zero-order valence-corrected chi connectivity index (χ0v) is 33.6. The Hall–Kier alpha value is -4.47. The van der Waals surface area contributed by atoms with E-state index >= 15 is 0 Å². The van der Waals surface area contributed by atoms with E-state index in [0.29, 0.717) is 17.6 Å². The average Bonchev–Trinajstić information content (AvgIpc) is 3.99. The van der Waals surface area contributed by atoms with E-state index in [1.165, 1.54) is 22.2 Å². The maximum atomic E-state index is 6.54. The summed E-state index contributed by atoms with van der Waals surface area (Å²) in [5.74, 6) is 0.581. The molecule has 6 aromatic rings. The van der Waals surface area contributed by atoms with Crippen LogP contribution in [0.3, 0.4) is 0 Å². The molecule has 2 saturated heterocycles. The highest BCUT2D eigenvalue weighted by Gasteiger charge is 2.66. The molecule has 5 aromatic heterocycles. The monoisotopic (exact) mass is 787 g/mol. The van der Waals surface area contributed by atoms with Crippen LogP contribution in [0.5, 0.6) is 0 Å². The van der Waals surface area contributed by atoms with Crippen molar-refractivity contribution in [3.8, 4) is 0 Å². The molecule has 14 heteroatoms. The maximum absolute atomic E-state index is 6.54. The van der Waals surface area contributed by atoms with Gasteiger partial charge in [0.25, 0.3) is 0 Å².